The van der Waals surface area contributed by atoms with Gasteiger partial charge in [-0.3, -0.25) is 0 Å². The number of methoxy groups -OCH3 is 1. The lowest BCUT2D eigenvalue weighted by molar-refractivity contribution is 0.0601. The molecule has 1 atom stereocenters. The molecule has 0 fully saturated rings. The lowest BCUT2D eigenvalue weighted by atomic mass is 10.1. The van der Waals surface area contributed by atoms with Crippen LogP contribution in [0.1, 0.15) is 43.5 Å². The van der Waals surface area contributed by atoms with Crippen molar-refractivity contribution in [1.82, 2.24) is 0 Å². The van der Waals surface area contributed by atoms with E-state index in [1.54, 1.807) is 6.07 Å². The maximum Gasteiger partial charge on any atom is 0.337 e. The summed E-state index contributed by atoms with van der Waals surface area (Å²) in [4.78, 5) is 11.4. The minimum atomic E-state index is -0.296. The number of carbonyl (C=O) groups excluding carboxylic acids is 1. The molecule has 1 N–H and O–H groups in total. The van der Waals surface area contributed by atoms with Crippen LogP contribution in [0.3, 0.4) is 0 Å². The molecule has 0 aliphatic carbocycles. The Hall–Kier alpha value is -1.51. The fourth-order valence-corrected chi connectivity index (χ4v) is 1.72. The molecule has 3 nitrogen and oxygen atoms in total. The number of anilines is 1. The highest BCUT2D eigenvalue weighted by molar-refractivity contribution is 5.90. The van der Waals surface area contributed by atoms with Crippen LogP contribution >= 0.6 is 0 Å². The van der Waals surface area contributed by atoms with Crippen LogP contribution in [0, 0.1) is 0 Å². The van der Waals surface area contributed by atoms with Crippen molar-refractivity contribution in [3.8, 4) is 0 Å². The van der Waals surface area contributed by atoms with Crippen LogP contribution in [0.25, 0.3) is 0 Å². The van der Waals surface area contributed by atoms with Crippen LogP contribution in [0.15, 0.2) is 24.3 Å². The third kappa shape index (κ3) is 4.47. The molecule has 0 saturated carbocycles. The first kappa shape index (κ1) is 13.6. The topological polar surface area (TPSA) is 38.3 Å². The third-order valence-electron chi connectivity index (χ3n) is 2.69. The number of hydrogen-bond donors (Lipinski definition) is 1. The molecular weight excluding hydrogens is 214 g/mol. The van der Waals surface area contributed by atoms with Crippen LogP contribution in [-0.2, 0) is 4.74 Å². The smallest absolute Gasteiger partial charge is 0.337 e. The van der Waals surface area contributed by atoms with Gasteiger partial charge in [-0.2, -0.15) is 0 Å². The molecule has 1 rings (SSSR count). The summed E-state index contributed by atoms with van der Waals surface area (Å²) in [7, 11) is 1.40. The van der Waals surface area contributed by atoms with E-state index in [9.17, 15) is 4.79 Å². The van der Waals surface area contributed by atoms with Gasteiger partial charge in [0, 0.05) is 11.7 Å². The van der Waals surface area contributed by atoms with Crippen molar-refractivity contribution in [1.29, 1.82) is 0 Å². The Morgan fingerprint density at radius 1 is 1.47 bits per heavy atom. The normalized spacial score (nSPS) is 11.9. The van der Waals surface area contributed by atoms with Gasteiger partial charge in [0.1, 0.15) is 0 Å². The van der Waals surface area contributed by atoms with Crippen LogP contribution in [0.4, 0.5) is 5.69 Å². The molecule has 0 spiro atoms. The Kier molecular flexibility index (Phi) is 5.53. The van der Waals surface area contributed by atoms with Gasteiger partial charge in [-0.25, -0.2) is 4.79 Å². The Morgan fingerprint density at radius 3 is 2.88 bits per heavy atom. The molecule has 0 amide bonds. The number of nitrogens with one attached hydrogen (secondary N) is 1. The van der Waals surface area contributed by atoms with Gasteiger partial charge >= 0.3 is 5.97 Å². The molecule has 17 heavy (non-hydrogen) atoms. The second-order valence-electron chi connectivity index (χ2n) is 4.26. The van der Waals surface area contributed by atoms with Crippen LogP contribution in [0.2, 0.25) is 0 Å². The Morgan fingerprint density at radius 2 is 2.24 bits per heavy atom. The van der Waals surface area contributed by atoms with Crippen LogP contribution in [-0.4, -0.2) is 19.1 Å². The Balaban J connectivity index is 2.62. The zero-order valence-corrected chi connectivity index (χ0v) is 10.8. The average molecular weight is 235 g/mol. The van der Waals surface area contributed by atoms with E-state index < -0.39 is 0 Å². The molecule has 1 aromatic rings. The van der Waals surface area contributed by atoms with Gasteiger partial charge < -0.3 is 10.1 Å². The van der Waals surface area contributed by atoms with Gasteiger partial charge in [0.25, 0.3) is 0 Å². The number of carbonyl (C=O) groups is 1. The van der Waals surface area contributed by atoms with E-state index in [0.29, 0.717) is 11.6 Å². The number of ether oxygens (including phenoxy) is 1. The van der Waals surface area contributed by atoms with Crippen molar-refractivity contribution in [2.75, 3.05) is 12.4 Å². The lowest BCUT2D eigenvalue weighted by Crippen LogP contribution is -2.15. The number of esters is 1. The molecule has 0 aliphatic heterocycles. The maximum absolute atomic E-state index is 11.4. The quantitative estimate of drug-likeness (QED) is 0.767. The second kappa shape index (κ2) is 6.94. The zero-order valence-electron chi connectivity index (χ0n) is 10.8. The van der Waals surface area contributed by atoms with Crippen LogP contribution in [0.5, 0.6) is 0 Å². The second-order valence-corrected chi connectivity index (χ2v) is 4.26. The molecule has 1 unspecified atom stereocenters. The van der Waals surface area contributed by atoms with Gasteiger partial charge in [-0.1, -0.05) is 25.8 Å². The first-order chi connectivity index (χ1) is 8.17. The molecule has 3 heteroatoms. The minimum Gasteiger partial charge on any atom is -0.465 e. The van der Waals surface area contributed by atoms with Crippen molar-refractivity contribution in [3.63, 3.8) is 0 Å². The van der Waals surface area contributed by atoms with E-state index in [-0.39, 0.29) is 5.97 Å². The molecule has 0 bridgehead atoms. The highest BCUT2D eigenvalue weighted by atomic mass is 16.5. The predicted octanol–water partition coefficient (Wildman–Crippen LogP) is 3.46. The molecule has 0 radical (unpaired) electrons. The molecular formula is C14H21NO2. The molecule has 0 heterocycles. The van der Waals surface area contributed by atoms with Crippen molar-refractivity contribution in [3.05, 3.63) is 29.8 Å². The van der Waals surface area contributed by atoms with Crippen molar-refractivity contribution in [2.45, 2.75) is 39.2 Å². The first-order valence-corrected chi connectivity index (χ1v) is 6.12. The lowest BCUT2D eigenvalue weighted by Gasteiger charge is -2.15. The van der Waals surface area contributed by atoms with Gasteiger partial charge in [0.05, 0.1) is 12.7 Å². The summed E-state index contributed by atoms with van der Waals surface area (Å²) in [6.45, 7) is 4.34. The monoisotopic (exact) mass is 235 g/mol. The first-order valence-electron chi connectivity index (χ1n) is 6.12. The van der Waals surface area contributed by atoms with E-state index in [2.05, 4.69) is 19.2 Å². The van der Waals surface area contributed by atoms with Crippen molar-refractivity contribution < 1.29 is 9.53 Å². The maximum atomic E-state index is 11.4. The van der Waals surface area contributed by atoms with Crippen molar-refractivity contribution in [2.24, 2.45) is 0 Å². The number of unbranched alkanes of at least 4 members (excludes halogenated alkanes) is 1. The summed E-state index contributed by atoms with van der Waals surface area (Å²) >= 11 is 0. The van der Waals surface area contributed by atoms with Gasteiger partial charge in [-0.15, -0.1) is 0 Å². The minimum absolute atomic E-state index is 0.296. The largest absolute Gasteiger partial charge is 0.465 e. The molecule has 0 aliphatic rings. The number of hydrogen-bond acceptors (Lipinski definition) is 3. The predicted molar refractivity (Wildman–Crippen MR) is 70.4 cm³/mol. The van der Waals surface area contributed by atoms with Gasteiger partial charge in [-0.05, 0) is 31.5 Å². The Labute approximate surface area is 103 Å². The van der Waals surface area contributed by atoms with E-state index in [1.807, 2.05) is 18.2 Å². The van der Waals surface area contributed by atoms with Gasteiger partial charge in [0.2, 0.25) is 0 Å². The SMILES string of the molecule is CCCCC(C)Nc1cccc(C(=O)OC)c1. The summed E-state index contributed by atoms with van der Waals surface area (Å²) in [6.07, 6.45) is 3.55. The third-order valence-corrected chi connectivity index (χ3v) is 2.69. The standard InChI is InChI=1S/C14H21NO2/c1-4-5-7-11(2)15-13-9-6-8-12(10-13)14(16)17-3/h6,8-11,15H,4-5,7H2,1-3H3. The van der Waals surface area contributed by atoms with E-state index in [0.717, 1.165) is 12.1 Å². The highest BCUT2D eigenvalue weighted by Crippen LogP contribution is 2.14. The molecule has 0 saturated heterocycles. The summed E-state index contributed by atoms with van der Waals surface area (Å²) in [5.41, 5.74) is 1.55. The fourth-order valence-electron chi connectivity index (χ4n) is 1.72. The summed E-state index contributed by atoms with van der Waals surface area (Å²) in [5, 5.41) is 3.39. The highest BCUT2D eigenvalue weighted by Gasteiger charge is 2.07. The van der Waals surface area contributed by atoms with E-state index in [1.165, 1.54) is 20.0 Å². The fraction of sp³-hybridized carbons (Fsp3) is 0.500. The molecule has 0 aromatic heterocycles. The van der Waals surface area contributed by atoms with E-state index >= 15 is 0 Å². The summed E-state index contributed by atoms with van der Waals surface area (Å²) in [5.74, 6) is -0.296. The van der Waals surface area contributed by atoms with Gasteiger partial charge in [0.15, 0.2) is 0 Å². The zero-order chi connectivity index (χ0) is 12.7. The average Bonchev–Trinajstić information content (AvgIpc) is 2.35. The van der Waals surface area contributed by atoms with Crippen LogP contribution < -0.4 is 5.32 Å². The Bertz CT molecular complexity index is 363. The summed E-state index contributed by atoms with van der Waals surface area (Å²) < 4.78 is 4.69. The molecule has 1 aromatic carbocycles. The van der Waals surface area contributed by atoms with Crippen molar-refractivity contribution >= 4 is 11.7 Å². The number of rotatable bonds is 6. The summed E-state index contributed by atoms with van der Waals surface area (Å²) in [6, 6.07) is 7.83. The number of benzene rings is 1. The molecule has 94 valence electrons. The van der Waals surface area contributed by atoms with E-state index in [4.69, 9.17) is 4.74 Å².